The molecule has 6 nitrogen and oxygen atoms in total. The second kappa shape index (κ2) is 6.92. The number of H-pyrrole nitrogens is 1. The molecule has 0 fully saturated rings. The molecule has 0 bridgehead atoms. The second-order valence-corrected chi connectivity index (χ2v) is 6.32. The summed E-state index contributed by atoms with van der Waals surface area (Å²) in [4.78, 5) is 27.4. The van der Waals surface area contributed by atoms with Gasteiger partial charge in [-0.2, -0.15) is 0 Å². The first-order chi connectivity index (χ1) is 11.5. The number of benzene rings is 1. The highest BCUT2D eigenvalue weighted by Crippen LogP contribution is 2.20. The van der Waals surface area contributed by atoms with Gasteiger partial charge in [0.15, 0.2) is 0 Å². The average molecular weight is 390 g/mol. The van der Waals surface area contributed by atoms with E-state index < -0.39 is 6.04 Å². The lowest BCUT2D eigenvalue weighted by atomic mass is 10.2. The molecule has 0 saturated heterocycles. The van der Waals surface area contributed by atoms with Crippen molar-refractivity contribution < 1.29 is 14.0 Å². The van der Waals surface area contributed by atoms with E-state index >= 15 is 0 Å². The van der Waals surface area contributed by atoms with Gasteiger partial charge in [0.2, 0.25) is 5.91 Å². The molecular weight excluding hydrogens is 374 g/mol. The molecule has 0 saturated carbocycles. The Labute approximate surface area is 146 Å². The SMILES string of the molecule is CC(NC(=O)c1cc2ccc(Br)cc2[nH]1)C(=O)NCc1ccco1. The third kappa shape index (κ3) is 3.68. The third-order valence-corrected chi connectivity index (χ3v) is 4.08. The number of carbonyl (C=O) groups excluding carboxylic acids is 2. The minimum absolute atomic E-state index is 0.279. The highest BCUT2D eigenvalue weighted by molar-refractivity contribution is 9.10. The van der Waals surface area contributed by atoms with Crippen LogP contribution >= 0.6 is 15.9 Å². The first-order valence-electron chi connectivity index (χ1n) is 7.42. The number of rotatable bonds is 5. The Balaban J connectivity index is 1.61. The topological polar surface area (TPSA) is 87.1 Å². The number of aromatic nitrogens is 1. The van der Waals surface area contributed by atoms with Crippen LogP contribution < -0.4 is 10.6 Å². The Morgan fingerprint density at radius 2 is 2.12 bits per heavy atom. The summed E-state index contributed by atoms with van der Waals surface area (Å²) in [5.74, 6) is 0.0460. The van der Waals surface area contributed by atoms with Gasteiger partial charge in [0.1, 0.15) is 17.5 Å². The van der Waals surface area contributed by atoms with Gasteiger partial charge < -0.3 is 20.0 Å². The van der Waals surface area contributed by atoms with E-state index in [0.717, 1.165) is 15.4 Å². The summed E-state index contributed by atoms with van der Waals surface area (Å²) in [6, 6.07) is 10.3. The number of fused-ring (bicyclic) bond motifs is 1. The second-order valence-electron chi connectivity index (χ2n) is 5.41. The summed E-state index contributed by atoms with van der Waals surface area (Å²) in [7, 11) is 0. The molecule has 0 spiro atoms. The van der Waals surface area contributed by atoms with Gasteiger partial charge in [-0.25, -0.2) is 0 Å². The Hall–Kier alpha value is -2.54. The van der Waals surface area contributed by atoms with Gasteiger partial charge in [-0.15, -0.1) is 0 Å². The molecule has 2 amide bonds. The molecule has 1 atom stereocenters. The molecule has 0 aliphatic heterocycles. The molecular formula is C17H16BrN3O3. The highest BCUT2D eigenvalue weighted by atomic mass is 79.9. The fourth-order valence-corrected chi connectivity index (χ4v) is 2.66. The predicted molar refractivity (Wildman–Crippen MR) is 93.5 cm³/mol. The zero-order valence-corrected chi connectivity index (χ0v) is 14.5. The molecule has 0 radical (unpaired) electrons. The third-order valence-electron chi connectivity index (χ3n) is 3.59. The number of furan rings is 1. The fraction of sp³-hybridized carbons (Fsp3) is 0.176. The first kappa shape index (κ1) is 16.3. The molecule has 1 unspecified atom stereocenters. The molecule has 2 aromatic heterocycles. The van der Waals surface area contributed by atoms with E-state index in [1.165, 1.54) is 0 Å². The zero-order valence-electron chi connectivity index (χ0n) is 12.9. The van der Waals surface area contributed by atoms with E-state index in [4.69, 9.17) is 4.42 Å². The van der Waals surface area contributed by atoms with Crippen LogP contribution in [0.25, 0.3) is 10.9 Å². The Morgan fingerprint density at radius 1 is 1.29 bits per heavy atom. The van der Waals surface area contributed by atoms with Gasteiger partial charge >= 0.3 is 0 Å². The van der Waals surface area contributed by atoms with Crippen LogP contribution in [0.5, 0.6) is 0 Å². The number of carbonyl (C=O) groups is 2. The molecule has 0 aliphatic carbocycles. The monoisotopic (exact) mass is 389 g/mol. The number of amides is 2. The average Bonchev–Trinajstić information content (AvgIpc) is 3.21. The summed E-state index contributed by atoms with van der Waals surface area (Å²) in [5.41, 5.74) is 1.26. The Kier molecular flexibility index (Phi) is 4.71. The van der Waals surface area contributed by atoms with Crippen molar-refractivity contribution in [3.8, 4) is 0 Å². The van der Waals surface area contributed by atoms with Gasteiger partial charge in [-0.1, -0.05) is 22.0 Å². The summed E-state index contributed by atoms with van der Waals surface area (Å²) in [5, 5.41) is 6.32. The van der Waals surface area contributed by atoms with E-state index in [1.807, 2.05) is 18.2 Å². The number of nitrogens with one attached hydrogen (secondary N) is 3. The standard InChI is InChI=1S/C17H16BrN3O3/c1-10(16(22)19-9-13-3-2-6-24-13)20-17(23)15-7-11-4-5-12(18)8-14(11)21-15/h2-8,10,21H,9H2,1H3,(H,19,22)(H,20,23). The van der Waals surface area contributed by atoms with E-state index in [1.54, 1.807) is 31.4 Å². The van der Waals surface area contributed by atoms with Crippen molar-refractivity contribution in [2.24, 2.45) is 0 Å². The van der Waals surface area contributed by atoms with E-state index in [-0.39, 0.29) is 18.4 Å². The molecule has 2 heterocycles. The molecule has 1 aromatic carbocycles. The van der Waals surface area contributed by atoms with Crippen molar-refractivity contribution >= 4 is 38.6 Å². The summed E-state index contributed by atoms with van der Waals surface area (Å²) < 4.78 is 6.07. The molecule has 3 N–H and O–H groups in total. The fourth-order valence-electron chi connectivity index (χ4n) is 2.30. The molecule has 3 aromatic rings. The molecule has 7 heteroatoms. The van der Waals surface area contributed by atoms with Gasteiger partial charge in [-0.05, 0) is 37.3 Å². The summed E-state index contributed by atoms with van der Waals surface area (Å²) in [6.07, 6.45) is 1.54. The molecule has 3 rings (SSSR count). The number of halogens is 1. The minimum atomic E-state index is -0.661. The van der Waals surface area contributed by atoms with Crippen LogP contribution in [0.2, 0.25) is 0 Å². The van der Waals surface area contributed by atoms with Crippen LogP contribution in [0.4, 0.5) is 0 Å². The largest absolute Gasteiger partial charge is 0.467 e. The first-order valence-corrected chi connectivity index (χ1v) is 8.21. The van der Waals surface area contributed by atoms with Crippen molar-refractivity contribution in [2.45, 2.75) is 19.5 Å². The molecule has 124 valence electrons. The smallest absolute Gasteiger partial charge is 0.268 e. The van der Waals surface area contributed by atoms with Crippen LogP contribution in [0, 0.1) is 0 Å². The van der Waals surface area contributed by atoms with E-state index in [0.29, 0.717) is 11.5 Å². The number of aromatic amines is 1. The van der Waals surface area contributed by atoms with Gasteiger partial charge in [0.05, 0.1) is 12.8 Å². The summed E-state index contributed by atoms with van der Waals surface area (Å²) in [6.45, 7) is 1.92. The minimum Gasteiger partial charge on any atom is -0.467 e. The highest BCUT2D eigenvalue weighted by Gasteiger charge is 2.18. The maximum absolute atomic E-state index is 12.3. The van der Waals surface area contributed by atoms with Crippen molar-refractivity contribution in [3.05, 3.63) is 58.6 Å². The number of hydrogen-bond donors (Lipinski definition) is 3. The van der Waals surface area contributed by atoms with E-state index in [2.05, 4.69) is 31.5 Å². The lowest BCUT2D eigenvalue weighted by Gasteiger charge is -2.13. The lowest BCUT2D eigenvalue weighted by Crippen LogP contribution is -2.44. The molecule has 0 aliphatic rings. The molecule has 24 heavy (non-hydrogen) atoms. The maximum Gasteiger partial charge on any atom is 0.268 e. The van der Waals surface area contributed by atoms with Crippen LogP contribution in [-0.2, 0) is 11.3 Å². The Bertz CT molecular complexity index is 870. The maximum atomic E-state index is 12.3. The lowest BCUT2D eigenvalue weighted by molar-refractivity contribution is -0.122. The van der Waals surface area contributed by atoms with Gasteiger partial charge in [0.25, 0.3) is 5.91 Å². The quantitative estimate of drug-likeness (QED) is 0.626. The van der Waals surface area contributed by atoms with E-state index in [9.17, 15) is 9.59 Å². The normalized spacial score (nSPS) is 12.1. The van der Waals surface area contributed by atoms with Crippen molar-refractivity contribution in [2.75, 3.05) is 0 Å². The van der Waals surface area contributed by atoms with Crippen LogP contribution in [0.1, 0.15) is 23.2 Å². The van der Waals surface area contributed by atoms with Crippen molar-refractivity contribution in [1.82, 2.24) is 15.6 Å². The van der Waals surface area contributed by atoms with Gasteiger partial charge in [0, 0.05) is 15.4 Å². The zero-order chi connectivity index (χ0) is 17.1. The van der Waals surface area contributed by atoms with Crippen molar-refractivity contribution in [3.63, 3.8) is 0 Å². The van der Waals surface area contributed by atoms with Gasteiger partial charge in [-0.3, -0.25) is 9.59 Å². The predicted octanol–water partition coefficient (Wildman–Crippen LogP) is 2.96. The van der Waals surface area contributed by atoms with Crippen LogP contribution in [0.15, 0.2) is 51.6 Å². The number of hydrogen-bond acceptors (Lipinski definition) is 3. The Morgan fingerprint density at radius 3 is 2.88 bits per heavy atom. The van der Waals surface area contributed by atoms with Crippen LogP contribution in [-0.4, -0.2) is 22.8 Å². The van der Waals surface area contributed by atoms with Crippen LogP contribution in [0.3, 0.4) is 0 Å². The van der Waals surface area contributed by atoms with Crippen molar-refractivity contribution in [1.29, 1.82) is 0 Å². The summed E-state index contributed by atoms with van der Waals surface area (Å²) >= 11 is 3.39.